The van der Waals surface area contributed by atoms with Crippen molar-refractivity contribution in [3.8, 4) is 0 Å². The SMILES string of the molecule is CCCNC(=O)CNC(=O)c1cc(Br)cnc1NC. The molecule has 0 radical (unpaired) electrons. The van der Waals surface area contributed by atoms with Crippen LogP contribution in [0.15, 0.2) is 16.7 Å². The Kier molecular flexibility index (Phi) is 6.27. The van der Waals surface area contributed by atoms with Gasteiger partial charge in [0.2, 0.25) is 5.91 Å². The molecular weight excluding hydrogens is 312 g/mol. The maximum atomic E-state index is 12.0. The largest absolute Gasteiger partial charge is 0.372 e. The molecule has 0 saturated carbocycles. The number of nitrogens with zero attached hydrogens (tertiary/aromatic N) is 1. The van der Waals surface area contributed by atoms with E-state index < -0.39 is 0 Å². The van der Waals surface area contributed by atoms with E-state index in [1.54, 1.807) is 19.3 Å². The number of nitrogens with one attached hydrogen (secondary N) is 3. The summed E-state index contributed by atoms with van der Waals surface area (Å²) in [6, 6.07) is 1.65. The minimum Gasteiger partial charge on any atom is -0.372 e. The highest BCUT2D eigenvalue weighted by atomic mass is 79.9. The van der Waals surface area contributed by atoms with Crippen molar-refractivity contribution in [2.75, 3.05) is 25.5 Å². The Morgan fingerprint density at radius 2 is 2.11 bits per heavy atom. The highest BCUT2D eigenvalue weighted by Crippen LogP contribution is 2.17. The third-order valence-electron chi connectivity index (χ3n) is 2.32. The van der Waals surface area contributed by atoms with Gasteiger partial charge < -0.3 is 16.0 Å². The lowest BCUT2D eigenvalue weighted by Crippen LogP contribution is -2.37. The van der Waals surface area contributed by atoms with Crippen molar-refractivity contribution in [2.24, 2.45) is 0 Å². The van der Waals surface area contributed by atoms with Gasteiger partial charge in [-0.05, 0) is 28.4 Å². The fourth-order valence-corrected chi connectivity index (χ4v) is 1.73. The summed E-state index contributed by atoms with van der Waals surface area (Å²) < 4.78 is 0.701. The van der Waals surface area contributed by atoms with Crippen molar-refractivity contribution in [3.05, 3.63) is 22.3 Å². The van der Waals surface area contributed by atoms with E-state index in [0.717, 1.165) is 6.42 Å². The number of hydrogen-bond acceptors (Lipinski definition) is 4. The molecule has 0 atom stereocenters. The molecule has 3 N–H and O–H groups in total. The van der Waals surface area contributed by atoms with E-state index in [1.165, 1.54) is 0 Å². The number of aromatic nitrogens is 1. The summed E-state index contributed by atoms with van der Waals surface area (Å²) in [5, 5.41) is 8.08. The maximum Gasteiger partial charge on any atom is 0.255 e. The van der Waals surface area contributed by atoms with Crippen molar-refractivity contribution in [1.29, 1.82) is 0 Å². The van der Waals surface area contributed by atoms with E-state index in [4.69, 9.17) is 0 Å². The molecule has 1 heterocycles. The Morgan fingerprint density at radius 1 is 1.37 bits per heavy atom. The fraction of sp³-hybridized carbons (Fsp3) is 0.417. The van der Waals surface area contributed by atoms with Crippen LogP contribution in [0.5, 0.6) is 0 Å². The molecule has 2 amide bonds. The predicted molar refractivity (Wildman–Crippen MR) is 77.1 cm³/mol. The number of amides is 2. The second-order valence-electron chi connectivity index (χ2n) is 3.83. The van der Waals surface area contributed by atoms with Crippen molar-refractivity contribution < 1.29 is 9.59 Å². The predicted octanol–water partition coefficient (Wildman–Crippen LogP) is 1.14. The van der Waals surface area contributed by atoms with Gasteiger partial charge in [0.05, 0.1) is 12.1 Å². The second kappa shape index (κ2) is 7.73. The van der Waals surface area contributed by atoms with Crippen LogP contribution in [0.2, 0.25) is 0 Å². The molecule has 0 spiro atoms. The van der Waals surface area contributed by atoms with Crippen LogP contribution in [0.4, 0.5) is 5.82 Å². The van der Waals surface area contributed by atoms with Crippen LogP contribution in [0, 0.1) is 0 Å². The Bertz CT molecular complexity index is 465. The molecule has 1 aromatic rings. The van der Waals surface area contributed by atoms with E-state index in [1.807, 2.05) is 6.92 Å². The molecule has 1 rings (SSSR count). The van der Waals surface area contributed by atoms with Gasteiger partial charge in [-0.1, -0.05) is 6.92 Å². The summed E-state index contributed by atoms with van der Waals surface area (Å²) in [6.45, 7) is 2.52. The first-order valence-corrected chi connectivity index (χ1v) is 6.76. The van der Waals surface area contributed by atoms with Crippen LogP contribution in [-0.4, -0.2) is 36.9 Å². The first-order valence-electron chi connectivity index (χ1n) is 5.96. The summed E-state index contributed by atoms with van der Waals surface area (Å²) >= 11 is 3.26. The number of anilines is 1. The lowest BCUT2D eigenvalue weighted by molar-refractivity contribution is -0.120. The zero-order chi connectivity index (χ0) is 14.3. The number of hydrogen-bond donors (Lipinski definition) is 3. The minimum absolute atomic E-state index is 0.0471. The number of rotatable bonds is 6. The van der Waals surface area contributed by atoms with Crippen LogP contribution in [0.3, 0.4) is 0 Å². The first-order chi connectivity index (χ1) is 9.08. The van der Waals surface area contributed by atoms with Crippen LogP contribution in [0.25, 0.3) is 0 Å². The van der Waals surface area contributed by atoms with Crippen molar-refractivity contribution in [1.82, 2.24) is 15.6 Å². The molecule has 0 fully saturated rings. The maximum absolute atomic E-state index is 12.0. The van der Waals surface area contributed by atoms with Crippen LogP contribution >= 0.6 is 15.9 Å². The van der Waals surface area contributed by atoms with Gasteiger partial charge in [-0.15, -0.1) is 0 Å². The monoisotopic (exact) mass is 328 g/mol. The van der Waals surface area contributed by atoms with Crippen molar-refractivity contribution in [2.45, 2.75) is 13.3 Å². The third kappa shape index (κ3) is 4.86. The quantitative estimate of drug-likeness (QED) is 0.731. The van der Waals surface area contributed by atoms with E-state index in [-0.39, 0.29) is 18.4 Å². The van der Waals surface area contributed by atoms with Gasteiger partial charge in [-0.3, -0.25) is 9.59 Å². The molecule has 0 aliphatic rings. The number of carbonyl (C=O) groups excluding carboxylic acids is 2. The molecule has 0 unspecified atom stereocenters. The first kappa shape index (κ1) is 15.4. The topological polar surface area (TPSA) is 83.1 Å². The van der Waals surface area contributed by atoms with E-state index >= 15 is 0 Å². The Labute approximate surface area is 120 Å². The Hall–Kier alpha value is -1.63. The summed E-state index contributed by atoms with van der Waals surface area (Å²) in [7, 11) is 1.68. The van der Waals surface area contributed by atoms with Gasteiger partial charge in [0, 0.05) is 24.3 Å². The molecule has 6 nitrogen and oxygen atoms in total. The van der Waals surface area contributed by atoms with Gasteiger partial charge in [0.15, 0.2) is 0 Å². The van der Waals surface area contributed by atoms with Crippen molar-refractivity contribution >= 4 is 33.6 Å². The average molecular weight is 329 g/mol. The zero-order valence-electron chi connectivity index (χ0n) is 10.9. The molecule has 1 aromatic heterocycles. The zero-order valence-corrected chi connectivity index (χ0v) is 12.5. The highest BCUT2D eigenvalue weighted by Gasteiger charge is 2.13. The second-order valence-corrected chi connectivity index (χ2v) is 4.75. The smallest absolute Gasteiger partial charge is 0.255 e. The molecule has 7 heteroatoms. The molecule has 0 aliphatic carbocycles. The summed E-state index contributed by atoms with van der Waals surface area (Å²) in [4.78, 5) is 27.4. The van der Waals surface area contributed by atoms with Crippen LogP contribution in [-0.2, 0) is 4.79 Å². The van der Waals surface area contributed by atoms with Gasteiger partial charge in [0.25, 0.3) is 5.91 Å². The molecule has 0 bridgehead atoms. The van der Waals surface area contributed by atoms with Gasteiger partial charge >= 0.3 is 0 Å². The van der Waals surface area contributed by atoms with Crippen LogP contribution < -0.4 is 16.0 Å². The lowest BCUT2D eigenvalue weighted by Gasteiger charge is -2.09. The molecular formula is C12H17BrN4O2. The minimum atomic E-state index is -0.343. The summed E-state index contributed by atoms with van der Waals surface area (Å²) in [5.41, 5.74) is 0.389. The average Bonchev–Trinajstić information content (AvgIpc) is 2.42. The number of pyridine rings is 1. The Morgan fingerprint density at radius 3 is 2.74 bits per heavy atom. The van der Waals surface area contributed by atoms with Crippen molar-refractivity contribution in [3.63, 3.8) is 0 Å². The highest BCUT2D eigenvalue weighted by molar-refractivity contribution is 9.10. The summed E-state index contributed by atoms with van der Waals surface area (Å²) in [5.74, 6) is -0.0800. The van der Waals surface area contributed by atoms with E-state index in [9.17, 15) is 9.59 Å². The standard InChI is InChI=1S/C12H17BrN4O2/c1-3-4-15-10(18)7-17-12(19)9-5-8(13)6-16-11(9)14-2/h5-6H,3-4,7H2,1-2H3,(H,14,16)(H,15,18)(H,17,19). The molecule has 0 aliphatic heterocycles. The number of carbonyl (C=O) groups is 2. The molecule has 0 saturated heterocycles. The molecule has 104 valence electrons. The van der Waals surface area contributed by atoms with Gasteiger partial charge in [0.1, 0.15) is 5.82 Å². The Balaban J connectivity index is 2.63. The van der Waals surface area contributed by atoms with Crippen LogP contribution in [0.1, 0.15) is 23.7 Å². The lowest BCUT2D eigenvalue weighted by atomic mass is 10.2. The third-order valence-corrected chi connectivity index (χ3v) is 2.75. The normalized spacial score (nSPS) is 9.84. The van der Waals surface area contributed by atoms with Gasteiger partial charge in [-0.25, -0.2) is 4.98 Å². The van der Waals surface area contributed by atoms with Gasteiger partial charge in [-0.2, -0.15) is 0 Å². The van der Waals surface area contributed by atoms with E-state index in [2.05, 4.69) is 36.9 Å². The van der Waals surface area contributed by atoms with E-state index in [0.29, 0.717) is 22.4 Å². The summed E-state index contributed by atoms with van der Waals surface area (Å²) in [6.07, 6.45) is 2.45. The molecule has 0 aromatic carbocycles. The number of halogens is 1. The molecule has 19 heavy (non-hydrogen) atoms. The fourth-order valence-electron chi connectivity index (χ4n) is 1.39.